The highest BCUT2D eigenvalue weighted by molar-refractivity contribution is 6.30. The maximum Gasteiger partial charge on any atom is 0.232 e. The van der Waals surface area contributed by atoms with Crippen LogP contribution in [0.3, 0.4) is 0 Å². The molecule has 0 radical (unpaired) electrons. The van der Waals surface area contributed by atoms with Gasteiger partial charge in [0.15, 0.2) is 11.5 Å². The number of rotatable bonds is 6. The SMILES string of the molecule is CCOc1cc2c(cc1OCC)C(c1ccc(Cl)cc1)N(c1ccc(C)nc1)C(=O)C2. The molecule has 1 unspecified atom stereocenters. The van der Waals surface area contributed by atoms with Gasteiger partial charge in [0.1, 0.15) is 0 Å². The first-order valence-electron chi connectivity index (χ1n) is 10.4. The number of halogens is 1. The first kappa shape index (κ1) is 21.2. The van der Waals surface area contributed by atoms with Crippen molar-refractivity contribution in [2.24, 2.45) is 0 Å². The normalized spacial score (nSPS) is 15.5. The largest absolute Gasteiger partial charge is 0.490 e. The fourth-order valence-electron chi connectivity index (χ4n) is 3.96. The summed E-state index contributed by atoms with van der Waals surface area (Å²) in [5.41, 5.74) is 4.57. The van der Waals surface area contributed by atoms with Crippen LogP contribution >= 0.6 is 11.6 Å². The Morgan fingerprint density at radius 2 is 1.71 bits per heavy atom. The molecule has 1 amide bonds. The Morgan fingerprint density at radius 3 is 2.32 bits per heavy atom. The molecule has 160 valence electrons. The summed E-state index contributed by atoms with van der Waals surface area (Å²) in [6, 6.07) is 15.1. The number of amides is 1. The summed E-state index contributed by atoms with van der Waals surface area (Å²) in [5, 5.41) is 0.649. The van der Waals surface area contributed by atoms with Gasteiger partial charge in [0.25, 0.3) is 0 Å². The Bertz CT molecular complexity index is 1080. The van der Waals surface area contributed by atoms with Gasteiger partial charge >= 0.3 is 0 Å². The standard InChI is InChI=1S/C25H25ClN2O3/c1-4-30-22-12-18-13-24(29)28(20-11-6-16(3)27-15-20)25(17-7-9-19(26)10-8-17)21(18)14-23(22)31-5-2/h6-12,14-15,25H,4-5,13H2,1-3H3. The highest BCUT2D eigenvalue weighted by Crippen LogP contribution is 2.43. The van der Waals surface area contributed by atoms with Crippen molar-refractivity contribution in [1.82, 2.24) is 4.98 Å². The lowest BCUT2D eigenvalue weighted by molar-refractivity contribution is -0.118. The first-order chi connectivity index (χ1) is 15.0. The van der Waals surface area contributed by atoms with Crippen LogP contribution in [0.1, 0.15) is 42.3 Å². The van der Waals surface area contributed by atoms with Crippen molar-refractivity contribution in [2.75, 3.05) is 18.1 Å². The molecule has 0 saturated carbocycles. The predicted octanol–water partition coefficient (Wildman–Crippen LogP) is 5.52. The van der Waals surface area contributed by atoms with Crippen LogP contribution in [0.5, 0.6) is 11.5 Å². The lowest BCUT2D eigenvalue weighted by Crippen LogP contribution is -2.41. The van der Waals surface area contributed by atoms with E-state index in [1.807, 2.05) is 74.2 Å². The third kappa shape index (κ3) is 4.23. The second-order valence-corrected chi connectivity index (χ2v) is 7.85. The number of carbonyl (C=O) groups excluding carboxylic acids is 1. The fraction of sp³-hybridized carbons (Fsp3) is 0.280. The van der Waals surface area contributed by atoms with E-state index >= 15 is 0 Å². The first-order valence-corrected chi connectivity index (χ1v) is 10.8. The second-order valence-electron chi connectivity index (χ2n) is 7.42. The second kappa shape index (κ2) is 8.98. The van der Waals surface area contributed by atoms with Gasteiger partial charge in [-0.1, -0.05) is 23.7 Å². The number of pyridine rings is 1. The average Bonchev–Trinajstić information content (AvgIpc) is 2.75. The number of anilines is 1. The number of hydrogen-bond acceptors (Lipinski definition) is 4. The summed E-state index contributed by atoms with van der Waals surface area (Å²) in [6.45, 7) is 6.85. The molecule has 0 fully saturated rings. The summed E-state index contributed by atoms with van der Waals surface area (Å²) in [7, 11) is 0. The zero-order chi connectivity index (χ0) is 22.0. The number of hydrogen-bond donors (Lipinski definition) is 0. The Balaban J connectivity index is 1.91. The van der Waals surface area contributed by atoms with Crippen LogP contribution < -0.4 is 14.4 Å². The van der Waals surface area contributed by atoms with Gasteiger partial charge in [-0.25, -0.2) is 0 Å². The molecule has 2 aromatic carbocycles. The van der Waals surface area contributed by atoms with Crippen molar-refractivity contribution in [2.45, 2.75) is 33.2 Å². The summed E-state index contributed by atoms with van der Waals surface area (Å²) in [4.78, 5) is 19.6. The van der Waals surface area contributed by atoms with Gasteiger partial charge in [-0.3, -0.25) is 14.7 Å². The van der Waals surface area contributed by atoms with Crippen LogP contribution in [0.4, 0.5) is 5.69 Å². The van der Waals surface area contributed by atoms with Crippen molar-refractivity contribution < 1.29 is 14.3 Å². The zero-order valence-electron chi connectivity index (χ0n) is 17.9. The van der Waals surface area contributed by atoms with Gasteiger partial charge in [-0.2, -0.15) is 0 Å². The molecule has 0 bridgehead atoms. The summed E-state index contributed by atoms with van der Waals surface area (Å²) in [6.07, 6.45) is 2.03. The van der Waals surface area contributed by atoms with Crippen molar-refractivity contribution >= 4 is 23.2 Å². The smallest absolute Gasteiger partial charge is 0.232 e. The quantitative estimate of drug-likeness (QED) is 0.510. The summed E-state index contributed by atoms with van der Waals surface area (Å²) < 4.78 is 11.7. The van der Waals surface area contributed by atoms with E-state index in [1.54, 1.807) is 6.20 Å². The van der Waals surface area contributed by atoms with E-state index in [-0.39, 0.29) is 18.4 Å². The molecule has 1 aliphatic heterocycles. The van der Waals surface area contributed by atoms with E-state index in [0.717, 1.165) is 28.1 Å². The summed E-state index contributed by atoms with van der Waals surface area (Å²) in [5.74, 6) is 1.35. The zero-order valence-corrected chi connectivity index (χ0v) is 18.6. The average molecular weight is 437 g/mol. The Labute approximate surface area is 187 Å². The van der Waals surface area contributed by atoms with E-state index < -0.39 is 0 Å². The Morgan fingerprint density at radius 1 is 1.03 bits per heavy atom. The minimum absolute atomic E-state index is 0.00436. The number of aryl methyl sites for hydroxylation is 1. The number of fused-ring (bicyclic) bond motifs is 1. The van der Waals surface area contributed by atoms with Gasteiger partial charge in [0.2, 0.25) is 5.91 Å². The van der Waals surface area contributed by atoms with E-state index in [9.17, 15) is 4.79 Å². The molecular formula is C25H25ClN2O3. The van der Waals surface area contributed by atoms with Gasteiger partial charge in [0.05, 0.1) is 37.6 Å². The van der Waals surface area contributed by atoms with Gasteiger partial charge in [-0.15, -0.1) is 0 Å². The molecule has 2 heterocycles. The molecule has 3 aromatic rings. The third-order valence-corrected chi connectivity index (χ3v) is 5.58. The maximum atomic E-state index is 13.4. The number of benzene rings is 2. The van der Waals surface area contributed by atoms with Crippen LogP contribution in [0.2, 0.25) is 5.02 Å². The minimum atomic E-state index is -0.326. The van der Waals surface area contributed by atoms with Crippen molar-refractivity contribution in [3.63, 3.8) is 0 Å². The molecule has 0 aliphatic carbocycles. The maximum absolute atomic E-state index is 13.4. The Kier molecular flexibility index (Phi) is 6.14. The number of aromatic nitrogens is 1. The highest BCUT2D eigenvalue weighted by Gasteiger charge is 2.36. The Hall–Kier alpha value is -3.05. The molecule has 4 rings (SSSR count). The van der Waals surface area contributed by atoms with Crippen LogP contribution in [0, 0.1) is 6.92 Å². The molecule has 0 saturated heterocycles. The molecule has 1 atom stereocenters. The number of ether oxygens (including phenoxy) is 2. The van der Waals surface area contributed by atoms with Crippen LogP contribution in [0.25, 0.3) is 0 Å². The minimum Gasteiger partial charge on any atom is -0.490 e. The lowest BCUT2D eigenvalue weighted by atomic mass is 9.87. The van der Waals surface area contributed by atoms with E-state index in [0.29, 0.717) is 29.7 Å². The van der Waals surface area contributed by atoms with E-state index in [1.165, 1.54) is 0 Å². The monoisotopic (exact) mass is 436 g/mol. The van der Waals surface area contributed by atoms with E-state index in [4.69, 9.17) is 21.1 Å². The molecule has 5 nitrogen and oxygen atoms in total. The molecule has 0 N–H and O–H groups in total. The predicted molar refractivity (Wildman–Crippen MR) is 122 cm³/mol. The van der Waals surface area contributed by atoms with Gasteiger partial charge in [0, 0.05) is 10.7 Å². The summed E-state index contributed by atoms with van der Waals surface area (Å²) >= 11 is 6.15. The van der Waals surface area contributed by atoms with Gasteiger partial charge < -0.3 is 9.47 Å². The molecule has 1 aromatic heterocycles. The van der Waals surface area contributed by atoms with Crippen molar-refractivity contribution in [1.29, 1.82) is 0 Å². The number of nitrogens with zero attached hydrogens (tertiary/aromatic N) is 2. The lowest BCUT2D eigenvalue weighted by Gasteiger charge is -2.38. The topological polar surface area (TPSA) is 51.7 Å². The molecule has 6 heteroatoms. The molecule has 1 aliphatic rings. The van der Waals surface area contributed by atoms with Crippen LogP contribution in [-0.2, 0) is 11.2 Å². The molecular weight excluding hydrogens is 412 g/mol. The van der Waals surface area contributed by atoms with Crippen molar-refractivity contribution in [3.05, 3.63) is 82.1 Å². The van der Waals surface area contributed by atoms with Gasteiger partial charge in [-0.05, 0) is 73.9 Å². The third-order valence-electron chi connectivity index (χ3n) is 5.33. The molecule has 0 spiro atoms. The highest BCUT2D eigenvalue weighted by atomic mass is 35.5. The van der Waals surface area contributed by atoms with Crippen LogP contribution in [-0.4, -0.2) is 24.1 Å². The van der Waals surface area contributed by atoms with Crippen LogP contribution in [0.15, 0.2) is 54.7 Å². The molecule has 31 heavy (non-hydrogen) atoms. The van der Waals surface area contributed by atoms with E-state index in [2.05, 4.69) is 4.98 Å². The fourth-order valence-corrected chi connectivity index (χ4v) is 4.09. The van der Waals surface area contributed by atoms with Crippen molar-refractivity contribution in [3.8, 4) is 11.5 Å². The number of carbonyl (C=O) groups is 1.